The van der Waals surface area contributed by atoms with Gasteiger partial charge in [0.05, 0.1) is 4.90 Å². The largest absolute Gasteiger partial charge is 0.396 e. The highest BCUT2D eigenvalue weighted by molar-refractivity contribution is 7.89. The van der Waals surface area contributed by atoms with Crippen LogP contribution in [0.2, 0.25) is 0 Å². The van der Waals surface area contributed by atoms with Crippen molar-refractivity contribution in [3.05, 3.63) is 23.8 Å². The van der Waals surface area contributed by atoms with Crippen molar-refractivity contribution in [1.29, 1.82) is 0 Å². The van der Waals surface area contributed by atoms with E-state index in [0.717, 1.165) is 31.5 Å². The molecule has 0 bridgehead atoms. The smallest absolute Gasteiger partial charge is 0.243 e. The predicted octanol–water partition coefficient (Wildman–Crippen LogP) is 1.05. The average Bonchev–Trinajstić information content (AvgIpc) is 2.94. The van der Waals surface area contributed by atoms with Crippen molar-refractivity contribution in [3.63, 3.8) is 0 Å². The summed E-state index contributed by atoms with van der Waals surface area (Å²) in [6.45, 7) is 2.02. The Morgan fingerprint density at radius 2 is 2.05 bits per heavy atom. The van der Waals surface area contributed by atoms with E-state index in [0.29, 0.717) is 18.0 Å². The molecule has 1 saturated heterocycles. The summed E-state index contributed by atoms with van der Waals surface area (Å²) in [7, 11) is -3.40. The Morgan fingerprint density at radius 1 is 1.30 bits per heavy atom. The van der Waals surface area contributed by atoms with Crippen molar-refractivity contribution in [2.24, 2.45) is 5.92 Å². The molecule has 3 rings (SSSR count). The molecule has 6 heteroatoms. The van der Waals surface area contributed by atoms with Crippen molar-refractivity contribution < 1.29 is 13.5 Å². The van der Waals surface area contributed by atoms with Gasteiger partial charge in [0.2, 0.25) is 10.0 Å². The fourth-order valence-electron chi connectivity index (χ4n) is 2.91. The first-order valence-corrected chi connectivity index (χ1v) is 8.53. The van der Waals surface area contributed by atoms with Crippen molar-refractivity contribution >= 4 is 15.7 Å². The maximum atomic E-state index is 12.6. The molecular weight excluding hydrogens is 276 g/mol. The van der Waals surface area contributed by atoms with E-state index in [2.05, 4.69) is 5.32 Å². The molecule has 0 spiro atoms. The number of rotatable bonds is 3. The number of aliphatic hydroxyl groups is 1. The lowest BCUT2D eigenvalue weighted by atomic mass is 10.00. The Hall–Kier alpha value is -1.11. The van der Waals surface area contributed by atoms with Gasteiger partial charge < -0.3 is 10.4 Å². The number of piperidine rings is 1. The number of fused-ring (bicyclic) bond motifs is 1. The number of sulfonamides is 1. The molecule has 2 aliphatic heterocycles. The van der Waals surface area contributed by atoms with Gasteiger partial charge in [-0.1, -0.05) is 6.07 Å². The minimum atomic E-state index is -3.40. The summed E-state index contributed by atoms with van der Waals surface area (Å²) in [6.07, 6.45) is 2.43. The van der Waals surface area contributed by atoms with Gasteiger partial charge >= 0.3 is 0 Å². The van der Waals surface area contributed by atoms with Crippen LogP contribution in [-0.2, 0) is 16.4 Å². The summed E-state index contributed by atoms with van der Waals surface area (Å²) in [4.78, 5) is 0.369. The fourth-order valence-corrected chi connectivity index (χ4v) is 4.41. The normalized spacial score (nSPS) is 20.6. The second kappa shape index (κ2) is 5.35. The van der Waals surface area contributed by atoms with Crippen LogP contribution in [0.3, 0.4) is 0 Å². The molecule has 0 atom stereocenters. The van der Waals surface area contributed by atoms with Crippen LogP contribution in [0.25, 0.3) is 0 Å². The highest BCUT2D eigenvalue weighted by Gasteiger charge is 2.29. The summed E-state index contributed by atoms with van der Waals surface area (Å²) >= 11 is 0. The molecule has 110 valence electrons. The Labute approximate surface area is 119 Å². The Kier molecular flexibility index (Phi) is 3.70. The predicted molar refractivity (Wildman–Crippen MR) is 77.2 cm³/mol. The maximum absolute atomic E-state index is 12.6. The number of hydrogen-bond acceptors (Lipinski definition) is 4. The van der Waals surface area contributed by atoms with Gasteiger partial charge in [0.25, 0.3) is 0 Å². The number of aliphatic hydroxyl groups excluding tert-OH is 1. The molecule has 0 aromatic heterocycles. The van der Waals surface area contributed by atoms with Gasteiger partial charge in [0.1, 0.15) is 0 Å². The summed E-state index contributed by atoms with van der Waals surface area (Å²) in [5.74, 6) is 0.239. The third kappa shape index (κ3) is 2.43. The van der Waals surface area contributed by atoms with Gasteiger partial charge in [-0.2, -0.15) is 4.31 Å². The maximum Gasteiger partial charge on any atom is 0.243 e. The van der Waals surface area contributed by atoms with Crippen LogP contribution in [0.4, 0.5) is 5.69 Å². The van der Waals surface area contributed by atoms with Crippen LogP contribution in [-0.4, -0.2) is 44.1 Å². The second-order valence-electron chi connectivity index (χ2n) is 5.53. The van der Waals surface area contributed by atoms with E-state index in [9.17, 15) is 8.42 Å². The van der Waals surface area contributed by atoms with E-state index < -0.39 is 10.0 Å². The number of nitrogens with zero attached hydrogens (tertiary/aromatic N) is 1. The molecule has 2 aliphatic rings. The molecule has 5 nitrogen and oxygen atoms in total. The van der Waals surface area contributed by atoms with Crippen LogP contribution in [0, 0.1) is 5.92 Å². The molecule has 20 heavy (non-hydrogen) atoms. The van der Waals surface area contributed by atoms with Gasteiger partial charge in [-0.3, -0.25) is 0 Å². The van der Waals surface area contributed by atoms with E-state index in [4.69, 9.17) is 5.11 Å². The van der Waals surface area contributed by atoms with Crippen molar-refractivity contribution in [1.82, 2.24) is 4.31 Å². The van der Waals surface area contributed by atoms with Crippen LogP contribution >= 0.6 is 0 Å². The molecule has 0 aliphatic carbocycles. The topological polar surface area (TPSA) is 69.6 Å². The third-order valence-electron chi connectivity index (χ3n) is 4.26. The zero-order valence-electron chi connectivity index (χ0n) is 11.4. The summed E-state index contributed by atoms with van der Waals surface area (Å²) in [5.41, 5.74) is 2.12. The lowest BCUT2D eigenvalue weighted by Gasteiger charge is -2.30. The molecule has 0 amide bonds. The minimum absolute atomic E-state index is 0.149. The molecule has 1 aromatic carbocycles. The monoisotopic (exact) mass is 296 g/mol. The molecule has 2 heterocycles. The number of nitrogens with one attached hydrogen (secondary N) is 1. The van der Waals surface area contributed by atoms with Crippen LogP contribution in [0.5, 0.6) is 0 Å². The SMILES string of the molecule is O=S(=O)(c1ccc2c(c1)NCC2)N1CCC(CO)CC1. The van der Waals surface area contributed by atoms with E-state index in [1.54, 1.807) is 12.1 Å². The molecule has 1 aromatic rings. The number of anilines is 1. The number of hydrogen-bond donors (Lipinski definition) is 2. The lowest BCUT2D eigenvalue weighted by Crippen LogP contribution is -2.39. The van der Waals surface area contributed by atoms with E-state index >= 15 is 0 Å². The van der Waals surface area contributed by atoms with E-state index in [1.165, 1.54) is 9.87 Å². The Balaban J connectivity index is 1.82. The zero-order valence-corrected chi connectivity index (χ0v) is 12.2. The second-order valence-corrected chi connectivity index (χ2v) is 7.46. The van der Waals surface area contributed by atoms with Crippen LogP contribution in [0.15, 0.2) is 23.1 Å². The lowest BCUT2D eigenvalue weighted by molar-refractivity contribution is 0.170. The van der Waals surface area contributed by atoms with Crippen LogP contribution in [0.1, 0.15) is 18.4 Å². The Morgan fingerprint density at radius 3 is 2.75 bits per heavy atom. The summed E-state index contributed by atoms with van der Waals surface area (Å²) in [5, 5.41) is 12.3. The van der Waals surface area contributed by atoms with E-state index in [-0.39, 0.29) is 12.5 Å². The standard InChI is InChI=1S/C14H20N2O3S/c17-10-11-4-7-16(8-5-11)20(18,19)13-2-1-12-3-6-15-14(12)9-13/h1-2,9,11,15,17H,3-8,10H2. The zero-order chi connectivity index (χ0) is 14.2. The molecular formula is C14H20N2O3S. The van der Waals surface area contributed by atoms with Crippen molar-refractivity contribution in [2.75, 3.05) is 31.6 Å². The quantitative estimate of drug-likeness (QED) is 0.874. The molecule has 2 N–H and O–H groups in total. The molecule has 0 unspecified atom stereocenters. The first-order chi connectivity index (χ1) is 9.61. The molecule has 1 fully saturated rings. The first-order valence-electron chi connectivity index (χ1n) is 7.09. The first kappa shape index (κ1) is 13.9. The minimum Gasteiger partial charge on any atom is -0.396 e. The van der Waals surface area contributed by atoms with Gasteiger partial charge in [-0.05, 0) is 42.9 Å². The van der Waals surface area contributed by atoms with Crippen molar-refractivity contribution in [2.45, 2.75) is 24.2 Å². The van der Waals surface area contributed by atoms with Crippen molar-refractivity contribution in [3.8, 4) is 0 Å². The third-order valence-corrected chi connectivity index (χ3v) is 6.16. The van der Waals surface area contributed by atoms with E-state index in [1.807, 2.05) is 6.07 Å². The summed E-state index contributed by atoms with van der Waals surface area (Å²) in [6, 6.07) is 5.36. The Bertz CT molecular complexity index is 592. The highest BCUT2D eigenvalue weighted by atomic mass is 32.2. The summed E-state index contributed by atoms with van der Waals surface area (Å²) < 4.78 is 26.8. The highest BCUT2D eigenvalue weighted by Crippen LogP contribution is 2.29. The van der Waals surface area contributed by atoms with Gasteiger partial charge in [0, 0.05) is 31.9 Å². The molecule has 0 saturated carbocycles. The van der Waals surface area contributed by atoms with Crippen LogP contribution < -0.4 is 5.32 Å². The van der Waals surface area contributed by atoms with Gasteiger partial charge in [-0.15, -0.1) is 0 Å². The molecule has 0 radical (unpaired) electrons. The fraction of sp³-hybridized carbons (Fsp3) is 0.571. The average molecular weight is 296 g/mol. The van der Waals surface area contributed by atoms with Gasteiger partial charge in [0.15, 0.2) is 0 Å². The van der Waals surface area contributed by atoms with Gasteiger partial charge in [-0.25, -0.2) is 8.42 Å². The number of benzene rings is 1.